The molecule has 5 nitrogen and oxygen atoms in total. The fraction of sp³-hybridized carbons (Fsp3) is 0.438. The van der Waals surface area contributed by atoms with Gasteiger partial charge in [-0.25, -0.2) is 13.4 Å². The highest BCUT2D eigenvalue weighted by Gasteiger charge is 2.30. The maximum atomic E-state index is 12.5. The molecule has 0 spiro atoms. The maximum absolute atomic E-state index is 12.5. The Bertz CT molecular complexity index is 731. The first-order valence-electron chi connectivity index (χ1n) is 7.37. The van der Waals surface area contributed by atoms with Gasteiger partial charge in [-0.1, -0.05) is 18.2 Å². The van der Waals surface area contributed by atoms with Crippen molar-refractivity contribution in [2.75, 3.05) is 13.2 Å². The molecule has 0 aliphatic carbocycles. The molecule has 1 saturated heterocycles. The second kappa shape index (κ2) is 6.22. The monoisotopic (exact) mass is 321 g/mol. The van der Waals surface area contributed by atoms with E-state index in [-0.39, 0.29) is 12.4 Å². The average molecular weight is 321 g/mol. The van der Waals surface area contributed by atoms with Gasteiger partial charge in [-0.15, -0.1) is 0 Å². The van der Waals surface area contributed by atoms with Crippen LogP contribution in [0.3, 0.4) is 0 Å². The fourth-order valence-electron chi connectivity index (χ4n) is 2.57. The molecule has 1 aliphatic rings. The first-order valence-corrected chi connectivity index (χ1v) is 9.09. The summed E-state index contributed by atoms with van der Waals surface area (Å²) in [5.74, 6) is 0.922. The van der Waals surface area contributed by atoms with Gasteiger partial charge in [0.1, 0.15) is 5.76 Å². The van der Waals surface area contributed by atoms with Gasteiger partial charge in [-0.05, 0) is 31.9 Å². The predicted molar refractivity (Wildman–Crippen MR) is 83.1 cm³/mol. The van der Waals surface area contributed by atoms with E-state index in [9.17, 15) is 8.42 Å². The lowest BCUT2D eigenvalue weighted by atomic mass is 10.2. The minimum Gasteiger partial charge on any atom is -0.441 e. The van der Waals surface area contributed by atoms with Crippen LogP contribution < -0.4 is 0 Å². The van der Waals surface area contributed by atoms with E-state index in [1.807, 2.05) is 30.3 Å². The number of ether oxygens (including phenoxy) is 1. The Morgan fingerprint density at radius 1 is 1.27 bits per heavy atom. The summed E-state index contributed by atoms with van der Waals surface area (Å²) in [5, 5.41) is -0.433. The van der Waals surface area contributed by atoms with E-state index in [1.54, 1.807) is 6.92 Å². The van der Waals surface area contributed by atoms with E-state index in [2.05, 4.69) is 4.98 Å². The fourth-order valence-corrected chi connectivity index (χ4v) is 4.28. The van der Waals surface area contributed by atoms with E-state index in [1.165, 1.54) is 0 Å². The lowest BCUT2D eigenvalue weighted by molar-refractivity contribution is 0.0990. The summed E-state index contributed by atoms with van der Waals surface area (Å²) in [6.07, 6.45) is 1.45. The van der Waals surface area contributed by atoms with Crippen LogP contribution in [0.2, 0.25) is 0 Å². The Balaban J connectivity index is 1.82. The number of hydrogen-bond donors (Lipinski definition) is 0. The Hall–Kier alpha value is -1.66. The number of rotatable bonds is 4. The van der Waals surface area contributed by atoms with Gasteiger partial charge < -0.3 is 9.15 Å². The molecule has 1 aromatic heterocycles. The van der Waals surface area contributed by atoms with Gasteiger partial charge in [0.05, 0.1) is 23.3 Å². The van der Waals surface area contributed by atoms with Crippen LogP contribution in [0.1, 0.15) is 24.3 Å². The van der Waals surface area contributed by atoms with E-state index < -0.39 is 15.1 Å². The summed E-state index contributed by atoms with van der Waals surface area (Å²) in [4.78, 5) is 4.37. The predicted octanol–water partition coefficient (Wildman–Crippen LogP) is 2.74. The molecule has 1 fully saturated rings. The van der Waals surface area contributed by atoms with Gasteiger partial charge in [0, 0.05) is 12.2 Å². The first-order chi connectivity index (χ1) is 10.6. The summed E-state index contributed by atoms with van der Waals surface area (Å²) in [5.41, 5.74) is 1.33. The van der Waals surface area contributed by atoms with E-state index >= 15 is 0 Å². The van der Waals surface area contributed by atoms with Crippen molar-refractivity contribution < 1.29 is 17.6 Å². The molecule has 0 amide bonds. The Labute approximate surface area is 130 Å². The minimum atomic E-state index is -3.28. The third kappa shape index (κ3) is 3.23. The normalized spacial score (nSPS) is 19.2. The van der Waals surface area contributed by atoms with Crippen LogP contribution in [0.15, 0.2) is 34.7 Å². The zero-order chi connectivity index (χ0) is 15.6. The molecule has 1 atom stereocenters. The van der Waals surface area contributed by atoms with E-state index in [4.69, 9.17) is 9.15 Å². The highest BCUT2D eigenvalue weighted by molar-refractivity contribution is 7.91. The van der Waals surface area contributed by atoms with Crippen LogP contribution in [0.4, 0.5) is 0 Å². The molecule has 6 heteroatoms. The number of nitrogens with zero attached hydrogens (tertiary/aromatic N) is 1. The largest absolute Gasteiger partial charge is 0.441 e. The highest BCUT2D eigenvalue weighted by atomic mass is 32.2. The van der Waals surface area contributed by atoms with Crippen molar-refractivity contribution in [2.45, 2.75) is 30.8 Å². The molecule has 2 aromatic rings. The molecule has 1 aromatic carbocycles. The molecule has 22 heavy (non-hydrogen) atoms. The lowest BCUT2D eigenvalue weighted by Crippen LogP contribution is -2.32. The summed E-state index contributed by atoms with van der Waals surface area (Å²) < 4.78 is 35.9. The molecule has 118 valence electrons. The number of aromatic nitrogens is 1. The van der Waals surface area contributed by atoms with Gasteiger partial charge in [-0.2, -0.15) is 0 Å². The van der Waals surface area contributed by atoms with Crippen LogP contribution in [0, 0.1) is 6.92 Å². The van der Waals surface area contributed by atoms with Crippen molar-refractivity contribution in [1.82, 2.24) is 4.98 Å². The molecule has 0 unspecified atom stereocenters. The Morgan fingerprint density at radius 2 is 2.05 bits per heavy atom. The van der Waals surface area contributed by atoms with Crippen LogP contribution in [0.25, 0.3) is 11.5 Å². The SMILES string of the molecule is Cc1oc(-c2ccccc2)nc1CS(=O)(=O)[C@@H]1CCCOC1. The van der Waals surface area contributed by atoms with Crippen LogP contribution in [-0.2, 0) is 20.3 Å². The maximum Gasteiger partial charge on any atom is 0.226 e. The van der Waals surface area contributed by atoms with E-state index in [0.29, 0.717) is 30.4 Å². The van der Waals surface area contributed by atoms with Crippen molar-refractivity contribution in [3.05, 3.63) is 41.8 Å². The summed E-state index contributed by atoms with van der Waals surface area (Å²) in [6.45, 7) is 2.68. The minimum absolute atomic E-state index is 0.0941. The van der Waals surface area contributed by atoms with Crippen molar-refractivity contribution >= 4 is 9.84 Å². The number of benzene rings is 1. The third-order valence-electron chi connectivity index (χ3n) is 3.88. The third-order valence-corrected chi connectivity index (χ3v) is 5.94. The molecular weight excluding hydrogens is 302 g/mol. The van der Waals surface area contributed by atoms with E-state index in [0.717, 1.165) is 12.0 Å². The second-order valence-corrected chi connectivity index (χ2v) is 7.82. The number of hydrogen-bond acceptors (Lipinski definition) is 5. The Kier molecular flexibility index (Phi) is 4.31. The average Bonchev–Trinajstić information content (AvgIpc) is 2.89. The van der Waals surface area contributed by atoms with Crippen LogP contribution in [0.5, 0.6) is 0 Å². The zero-order valence-electron chi connectivity index (χ0n) is 12.5. The van der Waals surface area contributed by atoms with Crippen LogP contribution >= 0.6 is 0 Å². The topological polar surface area (TPSA) is 69.4 Å². The molecule has 0 bridgehead atoms. The smallest absolute Gasteiger partial charge is 0.226 e. The molecule has 3 rings (SSSR count). The van der Waals surface area contributed by atoms with Crippen molar-refractivity contribution in [2.24, 2.45) is 0 Å². The van der Waals surface area contributed by atoms with Gasteiger partial charge in [-0.3, -0.25) is 0 Å². The summed E-state index contributed by atoms with van der Waals surface area (Å²) in [7, 11) is -3.28. The molecule has 1 aliphatic heterocycles. The van der Waals surface area contributed by atoms with Crippen molar-refractivity contribution in [1.29, 1.82) is 0 Å². The number of sulfone groups is 1. The van der Waals surface area contributed by atoms with Crippen molar-refractivity contribution in [3.63, 3.8) is 0 Å². The number of aryl methyl sites for hydroxylation is 1. The quantitative estimate of drug-likeness (QED) is 0.866. The molecule has 0 N–H and O–H groups in total. The summed E-state index contributed by atoms with van der Waals surface area (Å²) in [6, 6.07) is 9.47. The number of oxazole rings is 1. The van der Waals surface area contributed by atoms with Crippen molar-refractivity contribution in [3.8, 4) is 11.5 Å². The summed E-state index contributed by atoms with van der Waals surface area (Å²) >= 11 is 0. The molecule has 0 radical (unpaired) electrons. The van der Waals surface area contributed by atoms with Crippen LogP contribution in [-0.4, -0.2) is 31.9 Å². The first kappa shape index (κ1) is 15.2. The van der Waals surface area contributed by atoms with Gasteiger partial charge in [0.2, 0.25) is 5.89 Å². The molecule has 0 saturated carbocycles. The molecule has 2 heterocycles. The highest BCUT2D eigenvalue weighted by Crippen LogP contribution is 2.25. The molecular formula is C16H19NO4S. The second-order valence-electron chi connectivity index (χ2n) is 5.53. The van der Waals surface area contributed by atoms with Gasteiger partial charge in [0.15, 0.2) is 9.84 Å². The lowest BCUT2D eigenvalue weighted by Gasteiger charge is -2.21. The zero-order valence-corrected chi connectivity index (χ0v) is 13.3. The van der Waals surface area contributed by atoms with Gasteiger partial charge in [0.25, 0.3) is 0 Å². The Morgan fingerprint density at radius 3 is 2.73 bits per heavy atom. The van der Waals surface area contributed by atoms with Gasteiger partial charge >= 0.3 is 0 Å². The standard InChI is InChI=1S/C16H19NO4S/c1-12-15(11-22(18,19)14-8-5-9-20-10-14)17-16(21-12)13-6-3-2-4-7-13/h2-4,6-7,14H,5,8-11H2,1H3/t14-/m1/s1.